The Morgan fingerprint density at radius 1 is 1.17 bits per heavy atom. The number of hydrogen-bond acceptors (Lipinski definition) is 8. The highest BCUT2D eigenvalue weighted by Gasteiger charge is 2.21. The number of nitrogens with zero attached hydrogens (tertiary/aromatic N) is 6. The fourth-order valence-corrected chi connectivity index (χ4v) is 3.55. The van der Waals surface area contributed by atoms with Gasteiger partial charge in [-0.3, -0.25) is 0 Å². The predicted octanol–water partition coefficient (Wildman–Crippen LogP) is 3.11. The maximum absolute atomic E-state index is 5.60. The quantitative estimate of drug-likeness (QED) is 0.658. The van der Waals surface area contributed by atoms with Crippen molar-refractivity contribution in [2.45, 2.75) is 49.1 Å². The zero-order chi connectivity index (χ0) is 15.5. The molecule has 23 heavy (non-hydrogen) atoms. The molecule has 0 spiro atoms. The van der Waals surface area contributed by atoms with Crippen molar-refractivity contribution in [2.75, 3.05) is 0 Å². The largest absolute Gasteiger partial charge is 0.459 e. The summed E-state index contributed by atoms with van der Waals surface area (Å²) in [5, 5.41) is 20.9. The standard InChI is InChI=1S/C14H16N6O2S/c1-2-5-10(6-3-1)20-14(17-18-19-20)23-9-12-15-16-13(22-12)11-7-4-8-21-11/h4,7-8,10H,1-3,5-6,9H2. The van der Waals surface area contributed by atoms with Crippen molar-refractivity contribution < 1.29 is 8.83 Å². The summed E-state index contributed by atoms with van der Waals surface area (Å²) in [5.74, 6) is 2.01. The van der Waals surface area contributed by atoms with Crippen LogP contribution in [0.2, 0.25) is 0 Å². The van der Waals surface area contributed by atoms with Gasteiger partial charge in [0.15, 0.2) is 5.76 Å². The van der Waals surface area contributed by atoms with Crippen LogP contribution in [0, 0.1) is 0 Å². The lowest BCUT2D eigenvalue weighted by Gasteiger charge is -2.21. The molecule has 3 aromatic rings. The molecule has 0 saturated heterocycles. The number of hydrogen-bond donors (Lipinski definition) is 0. The van der Waals surface area contributed by atoms with Crippen molar-refractivity contribution in [1.82, 2.24) is 30.4 Å². The number of tetrazole rings is 1. The van der Waals surface area contributed by atoms with Gasteiger partial charge in [0, 0.05) is 0 Å². The van der Waals surface area contributed by atoms with E-state index in [0.29, 0.717) is 29.3 Å². The molecule has 0 atom stereocenters. The van der Waals surface area contributed by atoms with Gasteiger partial charge in [-0.15, -0.1) is 15.3 Å². The summed E-state index contributed by atoms with van der Waals surface area (Å²) < 4.78 is 12.8. The third-order valence-corrected chi connectivity index (χ3v) is 4.82. The summed E-state index contributed by atoms with van der Waals surface area (Å²) in [6.07, 6.45) is 7.64. The molecule has 0 unspecified atom stereocenters. The van der Waals surface area contributed by atoms with Crippen LogP contribution < -0.4 is 0 Å². The zero-order valence-corrected chi connectivity index (χ0v) is 13.3. The molecular formula is C14H16N6O2S. The first-order valence-electron chi connectivity index (χ1n) is 7.67. The Kier molecular flexibility index (Phi) is 4.10. The second kappa shape index (κ2) is 6.53. The molecule has 0 aromatic carbocycles. The first kappa shape index (κ1) is 14.4. The molecule has 120 valence electrons. The molecule has 1 fully saturated rings. The molecule has 0 bridgehead atoms. The Labute approximate surface area is 136 Å². The van der Waals surface area contributed by atoms with Gasteiger partial charge in [0.2, 0.25) is 11.0 Å². The van der Waals surface area contributed by atoms with E-state index in [0.717, 1.165) is 18.0 Å². The molecule has 1 aliphatic carbocycles. The van der Waals surface area contributed by atoms with Crippen LogP contribution in [0.15, 0.2) is 32.4 Å². The number of aromatic nitrogens is 6. The van der Waals surface area contributed by atoms with E-state index in [4.69, 9.17) is 8.83 Å². The summed E-state index contributed by atoms with van der Waals surface area (Å²) in [6.45, 7) is 0. The second-order valence-electron chi connectivity index (χ2n) is 5.46. The highest BCUT2D eigenvalue weighted by molar-refractivity contribution is 7.98. The van der Waals surface area contributed by atoms with E-state index in [1.807, 2.05) is 4.68 Å². The average Bonchev–Trinajstić information content (AvgIpc) is 3.33. The lowest BCUT2D eigenvalue weighted by molar-refractivity contribution is 0.307. The Balaban J connectivity index is 1.42. The lowest BCUT2D eigenvalue weighted by Crippen LogP contribution is -2.15. The van der Waals surface area contributed by atoms with Crippen LogP contribution in [0.1, 0.15) is 44.0 Å². The fraction of sp³-hybridized carbons (Fsp3) is 0.500. The van der Waals surface area contributed by atoms with Gasteiger partial charge >= 0.3 is 0 Å². The van der Waals surface area contributed by atoms with Crippen molar-refractivity contribution in [2.24, 2.45) is 0 Å². The highest BCUT2D eigenvalue weighted by Crippen LogP contribution is 2.31. The van der Waals surface area contributed by atoms with Gasteiger partial charge in [-0.1, -0.05) is 31.0 Å². The van der Waals surface area contributed by atoms with E-state index in [9.17, 15) is 0 Å². The van der Waals surface area contributed by atoms with E-state index in [1.165, 1.54) is 31.0 Å². The van der Waals surface area contributed by atoms with Gasteiger partial charge in [-0.25, -0.2) is 4.68 Å². The Hall–Kier alpha value is -2.16. The number of rotatable bonds is 5. The molecule has 1 aliphatic rings. The maximum atomic E-state index is 5.60. The van der Waals surface area contributed by atoms with E-state index in [-0.39, 0.29) is 0 Å². The van der Waals surface area contributed by atoms with Crippen molar-refractivity contribution in [1.29, 1.82) is 0 Å². The van der Waals surface area contributed by atoms with Crippen LogP contribution in [-0.2, 0) is 5.75 Å². The third kappa shape index (κ3) is 3.14. The summed E-state index contributed by atoms with van der Waals surface area (Å²) in [6, 6.07) is 3.97. The van der Waals surface area contributed by atoms with Gasteiger partial charge in [-0.05, 0) is 35.4 Å². The van der Waals surface area contributed by atoms with Gasteiger partial charge in [0.25, 0.3) is 5.89 Å². The molecule has 0 amide bonds. The maximum Gasteiger partial charge on any atom is 0.283 e. The number of furan rings is 1. The highest BCUT2D eigenvalue weighted by atomic mass is 32.2. The van der Waals surface area contributed by atoms with E-state index >= 15 is 0 Å². The molecule has 0 aliphatic heterocycles. The minimum atomic E-state index is 0.387. The summed E-state index contributed by atoms with van der Waals surface area (Å²) >= 11 is 1.51. The molecule has 3 aromatic heterocycles. The minimum absolute atomic E-state index is 0.387. The Morgan fingerprint density at radius 3 is 2.91 bits per heavy atom. The van der Waals surface area contributed by atoms with Gasteiger partial charge < -0.3 is 8.83 Å². The van der Waals surface area contributed by atoms with E-state index < -0.39 is 0 Å². The molecular weight excluding hydrogens is 316 g/mol. The molecule has 3 heterocycles. The lowest BCUT2D eigenvalue weighted by atomic mass is 9.96. The zero-order valence-electron chi connectivity index (χ0n) is 12.5. The number of thioether (sulfide) groups is 1. The van der Waals surface area contributed by atoms with Crippen molar-refractivity contribution in [3.05, 3.63) is 24.3 Å². The summed E-state index contributed by atoms with van der Waals surface area (Å²) in [5.41, 5.74) is 0. The Morgan fingerprint density at radius 2 is 2.09 bits per heavy atom. The smallest absolute Gasteiger partial charge is 0.283 e. The van der Waals surface area contributed by atoms with Crippen LogP contribution >= 0.6 is 11.8 Å². The summed E-state index contributed by atoms with van der Waals surface area (Å²) in [7, 11) is 0. The van der Waals surface area contributed by atoms with Crippen LogP contribution in [0.25, 0.3) is 11.7 Å². The van der Waals surface area contributed by atoms with Crippen LogP contribution in [0.3, 0.4) is 0 Å². The van der Waals surface area contributed by atoms with Crippen LogP contribution in [0.4, 0.5) is 0 Å². The molecule has 8 nitrogen and oxygen atoms in total. The first-order chi connectivity index (χ1) is 11.4. The van der Waals surface area contributed by atoms with Crippen LogP contribution in [-0.4, -0.2) is 30.4 Å². The van der Waals surface area contributed by atoms with Crippen molar-refractivity contribution >= 4 is 11.8 Å². The molecule has 9 heteroatoms. The van der Waals surface area contributed by atoms with Crippen molar-refractivity contribution in [3.63, 3.8) is 0 Å². The first-order valence-corrected chi connectivity index (χ1v) is 8.65. The van der Waals surface area contributed by atoms with E-state index in [1.54, 1.807) is 18.4 Å². The van der Waals surface area contributed by atoms with Gasteiger partial charge in [0.1, 0.15) is 0 Å². The van der Waals surface area contributed by atoms with Crippen LogP contribution in [0.5, 0.6) is 0 Å². The molecule has 4 rings (SSSR count). The summed E-state index contributed by atoms with van der Waals surface area (Å²) in [4.78, 5) is 0. The second-order valence-corrected chi connectivity index (χ2v) is 6.41. The van der Waals surface area contributed by atoms with Gasteiger partial charge in [-0.2, -0.15) is 0 Å². The average molecular weight is 332 g/mol. The molecule has 0 N–H and O–H groups in total. The monoisotopic (exact) mass is 332 g/mol. The predicted molar refractivity (Wildman–Crippen MR) is 81.5 cm³/mol. The van der Waals surface area contributed by atoms with Crippen molar-refractivity contribution in [3.8, 4) is 11.7 Å². The normalized spacial score (nSPS) is 16.0. The van der Waals surface area contributed by atoms with Gasteiger partial charge in [0.05, 0.1) is 18.1 Å². The Bertz CT molecular complexity index is 747. The molecule has 1 saturated carbocycles. The third-order valence-electron chi connectivity index (χ3n) is 3.91. The minimum Gasteiger partial charge on any atom is -0.459 e. The fourth-order valence-electron chi connectivity index (χ4n) is 2.77. The topological polar surface area (TPSA) is 95.7 Å². The molecule has 0 radical (unpaired) electrons. The van der Waals surface area contributed by atoms with E-state index in [2.05, 4.69) is 25.7 Å². The SMILES string of the molecule is c1coc(-c2nnc(CSc3nnnn3C3CCCCC3)o2)c1.